The molecule has 3 heterocycles. The first-order valence-corrected chi connectivity index (χ1v) is 14.6. The Kier molecular flexibility index (Phi) is 8.74. The van der Waals surface area contributed by atoms with Crippen LogP contribution in [0.4, 0.5) is 11.8 Å². The van der Waals surface area contributed by atoms with E-state index in [4.69, 9.17) is 33.8 Å². The van der Waals surface area contributed by atoms with Crippen LogP contribution in [0, 0.1) is 0 Å². The molecule has 1 saturated carbocycles. The van der Waals surface area contributed by atoms with Crippen molar-refractivity contribution in [3.63, 3.8) is 0 Å². The fraction of sp³-hybridized carbons (Fsp3) is 0.444. The summed E-state index contributed by atoms with van der Waals surface area (Å²) in [5.74, 6) is 1.39. The first-order valence-electron chi connectivity index (χ1n) is 13.0. The largest absolute Gasteiger partial charge is 0.361 e. The average Bonchev–Trinajstić information content (AvgIpc) is 2.93. The van der Waals surface area contributed by atoms with E-state index in [2.05, 4.69) is 37.6 Å². The van der Waals surface area contributed by atoms with Crippen molar-refractivity contribution in [2.75, 3.05) is 29.9 Å². The molecule has 2 aliphatic rings. The lowest BCUT2D eigenvalue weighted by Crippen LogP contribution is -2.43. The number of piperidine rings is 1. The van der Waals surface area contributed by atoms with Gasteiger partial charge in [0, 0.05) is 48.5 Å². The quantitative estimate of drug-likeness (QED) is 0.200. The molecule has 5 rings (SSSR count). The lowest BCUT2D eigenvalue weighted by Gasteiger charge is -2.38. The summed E-state index contributed by atoms with van der Waals surface area (Å²) in [5.41, 5.74) is 1.29. The number of anilines is 2. The van der Waals surface area contributed by atoms with E-state index in [0.717, 1.165) is 48.3 Å². The van der Waals surface area contributed by atoms with Crippen molar-refractivity contribution < 1.29 is 0 Å². The third-order valence-corrected chi connectivity index (χ3v) is 8.46. The summed E-state index contributed by atoms with van der Waals surface area (Å²) in [6.45, 7) is 2.73. The number of nitrogens with zero attached hydrogens (tertiary/aromatic N) is 5. The summed E-state index contributed by atoms with van der Waals surface area (Å²) < 4.78 is 0. The molecule has 0 spiro atoms. The third-order valence-electron chi connectivity index (χ3n) is 7.17. The number of halogens is 1. The van der Waals surface area contributed by atoms with E-state index in [1.165, 1.54) is 55.9 Å². The van der Waals surface area contributed by atoms with Crippen LogP contribution in [0.15, 0.2) is 59.0 Å². The molecule has 37 heavy (non-hydrogen) atoms. The van der Waals surface area contributed by atoms with E-state index < -0.39 is 0 Å². The Morgan fingerprint density at radius 3 is 2.49 bits per heavy atom. The molecule has 1 aliphatic heterocycles. The van der Waals surface area contributed by atoms with Crippen molar-refractivity contribution in [3.8, 4) is 0 Å². The summed E-state index contributed by atoms with van der Waals surface area (Å²) in [7, 11) is 0. The molecule has 3 aromatic rings. The summed E-state index contributed by atoms with van der Waals surface area (Å²) in [5, 5.41) is 9.48. The van der Waals surface area contributed by atoms with Gasteiger partial charge in [-0.25, -0.2) is 15.0 Å². The van der Waals surface area contributed by atoms with Gasteiger partial charge in [-0.1, -0.05) is 43.0 Å². The molecule has 0 amide bonds. The van der Waals surface area contributed by atoms with E-state index in [1.54, 1.807) is 12.4 Å². The van der Waals surface area contributed by atoms with E-state index in [-0.39, 0.29) is 5.41 Å². The molecule has 194 valence electrons. The number of benzene rings is 1. The van der Waals surface area contributed by atoms with Crippen LogP contribution < -0.4 is 15.5 Å². The molecule has 10 heteroatoms. The van der Waals surface area contributed by atoms with Crippen LogP contribution in [0.5, 0.6) is 0 Å². The van der Waals surface area contributed by atoms with Crippen LogP contribution in [-0.2, 0) is 5.41 Å². The van der Waals surface area contributed by atoms with E-state index in [0.29, 0.717) is 16.2 Å². The van der Waals surface area contributed by atoms with Gasteiger partial charge in [-0.3, -0.25) is 0 Å². The number of rotatable bonds is 7. The zero-order valence-electron chi connectivity index (χ0n) is 20.8. The molecule has 0 bridgehead atoms. The molecular formula is C27H32ClN7S2. The number of aromatic nitrogens is 4. The average molecular weight is 554 g/mol. The summed E-state index contributed by atoms with van der Waals surface area (Å²) >= 11 is 13.5. The Hall–Kier alpha value is -2.49. The molecule has 1 aromatic carbocycles. The van der Waals surface area contributed by atoms with Crippen molar-refractivity contribution in [2.24, 2.45) is 0 Å². The molecular weight excluding hydrogens is 522 g/mol. The van der Waals surface area contributed by atoms with Crippen LogP contribution in [0.25, 0.3) is 0 Å². The highest BCUT2D eigenvalue weighted by Gasteiger charge is 2.34. The van der Waals surface area contributed by atoms with Gasteiger partial charge < -0.3 is 15.5 Å². The van der Waals surface area contributed by atoms with Gasteiger partial charge in [0.15, 0.2) is 10.3 Å². The minimum Gasteiger partial charge on any atom is -0.361 e. The SMILES string of the molecule is S=C(NCC1(c2cccc(Cl)c2)CCCCC1)Nc1nc(Sc2ncccn2)cc(N2CCCCC2)n1. The third kappa shape index (κ3) is 6.89. The Morgan fingerprint density at radius 1 is 0.973 bits per heavy atom. The van der Waals surface area contributed by atoms with Gasteiger partial charge in [0.2, 0.25) is 5.95 Å². The molecule has 7 nitrogen and oxygen atoms in total. The minimum atomic E-state index is 0.0110. The van der Waals surface area contributed by atoms with Crippen LogP contribution in [0.3, 0.4) is 0 Å². The molecule has 0 unspecified atom stereocenters. The van der Waals surface area contributed by atoms with E-state index >= 15 is 0 Å². The second kappa shape index (κ2) is 12.4. The van der Waals surface area contributed by atoms with Gasteiger partial charge in [-0.2, -0.15) is 4.98 Å². The molecule has 0 atom stereocenters. The molecule has 2 aromatic heterocycles. The lowest BCUT2D eigenvalue weighted by molar-refractivity contribution is 0.292. The van der Waals surface area contributed by atoms with Crippen molar-refractivity contribution in [1.82, 2.24) is 25.3 Å². The number of hydrogen-bond acceptors (Lipinski definition) is 7. The lowest BCUT2D eigenvalue weighted by atomic mass is 9.69. The molecule has 2 N–H and O–H groups in total. The van der Waals surface area contributed by atoms with Crippen molar-refractivity contribution >= 4 is 52.5 Å². The standard InChI is InChI=1S/C27H32ClN7S2/c28-21-10-7-9-20(17-21)27(11-3-1-4-12-27)19-31-25(36)34-24-32-22(35-15-5-2-6-16-35)18-23(33-24)37-26-29-13-8-14-30-26/h7-10,13-14,17-18H,1-6,11-12,15-16,19H2,(H2,31,32,33,34,36). The Labute approximate surface area is 233 Å². The summed E-state index contributed by atoms with van der Waals surface area (Å²) in [4.78, 5) is 20.6. The van der Waals surface area contributed by atoms with Crippen LogP contribution >= 0.6 is 35.6 Å². The zero-order chi connectivity index (χ0) is 25.5. The van der Waals surface area contributed by atoms with Gasteiger partial charge in [-0.05, 0) is 79.8 Å². The van der Waals surface area contributed by atoms with Crippen molar-refractivity contribution in [3.05, 3.63) is 59.4 Å². The fourth-order valence-corrected chi connectivity index (χ4v) is 6.31. The van der Waals surface area contributed by atoms with Gasteiger partial charge in [0.25, 0.3) is 0 Å². The van der Waals surface area contributed by atoms with Crippen LogP contribution in [0.1, 0.15) is 56.9 Å². The Bertz CT molecular complexity index is 1200. The van der Waals surface area contributed by atoms with Crippen molar-refractivity contribution in [1.29, 1.82) is 0 Å². The number of thiocarbonyl (C=S) groups is 1. The van der Waals surface area contributed by atoms with E-state index in [9.17, 15) is 0 Å². The Morgan fingerprint density at radius 2 is 1.73 bits per heavy atom. The maximum absolute atomic E-state index is 6.36. The highest BCUT2D eigenvalue weighted by molar-refractivity contribution is 7.99. The minimum absolute atomic E-state index is 0.0110. The highest BCUT2D eigenvalue weighted by Crippen LogP contribution is 2.39. The number of nitrogens with one attached hydrogen (secondary N) is 2. The van der Waals surface area contributed by atoms with Gasteiger partial charge in [0.1, 0.15) is 10.8 Å². The predicted molar refractivity (Wildman–Crippen MR) is 155 cm³/mol. The summed E-state index contributed by atoms with van der Waals surface area (Å²) in [6, 6.07) is 12.1. The molecule has 0 radical (unpaired) electrons. The van der Waals surface area contributed by atoms with Crippen LogP contribution in [-0.4, -0.2) is 44.7 Å². The number of hydrogen-bond donors (Lipinski definition) is 2. The fourth-order valence-electron chi connectivity index (χ4n) is 5.25. The Balaban J connectivity index is 1.32. The topological polar surface area (TPSA) is 78.9 Å². The smallest absolute Gasteiger partial charge is 0.232 e. The zero-order valence-corrected chi connectivity index (χ0v) is 23.2. The first kappa shape index (κ1) is 26.1. The second-order valence-corrected chi connectivity index (χ2v) is 11.6. The first-order chi connectivity index (χ1) is 18.1. The predicted octanol–water partition coefficient (Wildman–Crippen LogP) is 6.25. The van der Waals surface area contributed by atoms with Gasteiger partial charge in [0.05, 0.1) is 0 Å². The highest BCUT2D eigenvalue weighted by atomic mass is 35.5. The normalized spacial score (nSPS) is 17.3. The molecule has 2 fully saturated rings. The van der Waals surface area contributed by atoms with E-state index in [1.807, 2.05) is 24.3 Å². The maximum Gasteiger partial charge on any atom is 0.232 e. The summed E-state index contributed by atoms with van der Waals surface area (Å²) in [6.07, 6.45) is 13.0. The van der Waals surface area contributed by atoms with Gasteiger partial charge in [-0.15, -0.1) is 0 Å². The maximum atomic E-state index is 6.36. The second-order valence-electron chi connectivity index (χ2n) is 9.73. The molecule has 1 aliphatic carbocycles. The van der Waals surface area contributed by atoms with Gasteiger partial charge >= 0.3 is 0 Å². The monoisotopic (exact) mass is 553 g/mol. The molecule has 1 saturated heterocycles. The van der Waals surface area contributed by atoms with Crippen molar-refractivity contribution in [2.45, 2.75) is 67.0 Å². The van der Waals surface area contributed by atoms with Crippen LogP contribution in [0.2, 0.25) is 5.02 Å².